The number of amides is 1. The van der Waals surface area contributed by atoms with Crippen LogP contribution in [0.2, 0.25) is 0 Å². The fourth-order valence-corrected chi connectivity index (χ4v) is 4.68. The van der Waals surface area contributed by atoms with Crippen LogP contribution in [-0.2, 0) is 11.3 Å². The van der Waals surface area contributed by atoms with Crippen molar-refractivity contribution >= 4 is 5.91 Å². The van der Waals surface area contributed by atoms with Crippen molar-refractivity contribution in [3.63, 3.8) is 0 Å². The molecule has 0 spiro atoms. The minimum absolute atomic E-state index is 0.268. The quantitative estimate of drug-likeness (QED) is 0.261. The van der Waals surface area contributed by atoms with Crippen LogP contribution in [0.1, 0.15) is 85.6 Å². The Labute approximate surface area is 221 Å². The summed E-state index contributed by atoms with van der Waals surface area (Å²) in [7, 11) is 0. The van der Waals surface area contributed by atoms with Crippen molar-refractivity contribution in [1.29, 1.82) is 0 Å². The highest BCUT2D eigenvalue weighted by molar-refractivity contribution is 5.76. The van der Waals surface area contributed by atoms with E-state index >= 15 is 0 Å². The molecule has 1 aliphatic rings. The maximum atomic E-state index is 13.3. The lowest BCUT2D eigenvalue weighted by molar-refractivity contribution is -0.133. The Morgan fingerprint density at radius 2 is 1.39 bits per heavy atom. The molecule has 0 aliphatic carbocycles. The molecule has 1 unspecified atom stereocenters. The molecule has 198 valence electrons. The van der Waals surface area contributed by atoms with E-state index in [1.807, 2.05) is 0 Å². The zero-order chi connectivity index (χ0) is 26.3. The number of hydrogen-bond acceptors (Lipinski definition) is 2. The molecule has 1 atom stereocenters. The van der Waals surface area contributed by atoms with Gasteiger partial charge in [-0.2, -0.15) is 0 Å². The van der Waals surface area contributed by atoms with Gasteiger partial charge in [0.15, 0.2) is 0 Å². The van der Waals surface area contributed by atoms with Gasteiger partial charge in [-0.05, 0) is 85.1 Å². The van der Waals surface area contributed by atoms with Crippen molar-refractivity contribution in [3.05, 3.63) is 82.5 Å². The van der Waals surface area contributed by atoms with Crippen molar-refractivity contribution in [2.24, 2.45) is 5.92 Å². The first-order valence-electron chi connectivity index (χ1n) is 13.9. The van der Waals surface area contributed by atoms with Crippen LogP contribution in [0.15, 0.2) is 76.9 Å². The predicted octanol–water partition coefficient (Wildman–Crippen LogP) is 8.11. The lowest BCUT2D eigenvalue weighted by Gasteiger charge is -2.35. The molecule has 3 heteroatoms. The Bertz CT molecular complexity index is 906. The molecule has 1 fully saturated rings. The average molecular weight is 491 g/mol. The van der Waals surface area contributed by atoms with Crippen LogP contribution in [0.3, 0.4) is 0 Å². The summed E-state index contributed by atoms with van der Waals surface area (Å²) >= 11 is 0. The number of carbonyl (C=O) groups excluding carboxylic acids is 1. The number of nitrogens with zero attached hydrogens (tertiary/aromatic N) is 2. The number of rotatable bonds is 13. The zero-order valence-electron chi connectivity index (χ0n) is 23.9. The second-order valence-corrected chi connectivity index (χ2v) is 11.0. The highest BCUT2D eigenvalue weighted by Gasteiger charge is 2.23. The maximum Gasteiger partial charge on any atom is 0.223 e. The highest BCUT2D eigenvalue weighted by atomic mass is 16.2. The van der Waals surface area contributed by atoms with Crippen molar-refractivity contribution in [3.8, 4) is 0 Å². The fourth-order valence-electron chi connectivity index (χ4n) is 4.68. The fraction of sp³-hybridized carbons (Fsp3) is 0.545. The van der Waals surface area contributed by atoms with E-state index in [1.54, 1.807) is 0 Å². The number of carbonyl (C=O) groups is 1. The van der Waals surface area contributed by atoms with Crippen LogP contribution >= 0.6 is 0 Å². The molecule has 0 N–H and O–H groups in total. The first-order valence-corrected chi connectivity index (χ1v) is 13.9. The topological polar surface area (TPSA) is 23.6 Å². The first kappa shape index (κ1) is 29.8. The van der Waals surface area contributed by atoms with E-state index in [9.17, 15) is 4.79 Å². The van der Waals surface area contributed by atoms with Crippen molar-refractivity contribution in [2.75, 3.05) is 26.2 Å². The van der Waals surface area contributed by atoms with E-state index in [0.717, 1.165) is 64.8 Å². The molecule has 2 rings (SSSR count). The Kier molecular flexibility index (Phi) is 13.6. The van der Waals surface area contributed by atoms with Gasteiger partial charge in [-0.15, -0.1) is 0 Å². The highest BCUT2D eigenvalue weighted by Crippen LogP contribution is 2.21. The van der Waals surface area contributed by atoms with Crippen LogP contribution < -0.4 is 0 Å². The molecule has 3 nitrogen and oxygen atoms in total. The lowest BCUT2D eigenvalue weighted by Crippen LogP contribution is -2.48. The Morgan fingerprint density at radius 1 is 0.806 bits per heavy atom. The van der Waals surface area contributed by atoms with Crippen LogP contribution in [-0.4, -0.2) is 41.9 Å². The summed E-state index contributed by atoms with van der Waals surface area (Å²) in [5.41, 5.74) is 6.92. The van der Waals surface area contributed by atoms with Crippen LogP contribution in [0.4, 0.5) is 0 Å². The molecular weight excluding hydrogens is 440 g/mol. The van der Waals surface area contributed by atoms with Gasteiger partial charge in [0, 0.05) is 39.1 Å². The number of benzene rings is 1. The Balaban J connectivity index is 1.95. The molecule has 1 aromatic carbocycles. The van der Waals surface area contributed by atoms with Gasteiger partial charge in [-0.25, -0.2) is 0 Å². The maximum absolute atomic E-state index is 13.3. The molecule has 1 heterocycles. The molecule has 0 saturated carbocycles. The molecular formula is C33H50N2O. The summed E-state index contributed by atoms with van der Waals surface area (Å²) in [6.07, 6.45) is 15.2. The van der Waals surface area contributed by atoms with Gasteiger partial charge in [-0.1, -0.05) is 76.9 Å². The van der Waals surface area contributed by atoms with Gasteiger partial charge in [0.05, 0.1) is 0 Å². The number of allylic oxidation sites excluding steroid dienone is 8. The normalized spacial score (nSPS) is 16.0. The molecule has 1 saturated heterocycles. The lowest BCUT2D eigenvalue weighted by atomic mass is 9.94. The molecule has 0 aromatic heterocycles. The molecule has 1 aliphatic heterocycles. The van der Waals surface area contributed by atoms with Gasteiger partial charge in [0.2, 0.25) is 5.91 Å². The van der Waals surface area contributed by atoms with Gasteiger partial charge < -0.3 is 4.90 Å². The second-order valence-electron chi connectivity index (χ2n) is 11.0. The van der Waals surface area contributed by atoms with E-state index in [2.05, 4.69) is 106 Å². The van der Waals surface area contributed by atoms with E-state index in [-0.39, 0.29) is 5.92 Å². The molecule has 1 amide bonds. The van der Waals surface area contributed by atoms with E-state index in [1.165, 1.54) is 27.9 Å². The molecule has 36 heavy (non-hydrogen) atoms. The Morgan fingerprint density at radius 3 is 1.97 bits per heavy atom. The van der Waals surface area contributed by atoms with Crippen LogP contribution in [0.25, 0.3) is 0 Å². The standard InChI is InChI=1S/C33H50N2O/c1-27(2)12-10-14-29(5)18-19-32(24-30(6)15-11-13-28(3)4)25-33(36)35-22-20-34(21-23-35)26-31-16-8-7-9-17-31/h7-9,12-13,16-18,24,32H,10-11,14-15,19-23,25-26H2,1-6H3/b29-18+,30-24+. The number of piperazine rings is 1. The third kappa shape index (κ3) is 12.5. The van der Waals surface area contributed by atoms with Gasteiger partial charge in [0.25, 0.3) is 0 Å². The summed E-state index contributed by atoms with van der Waals surface area (Å²) in [4.78, 5) is 17.8. The van der Waals surface area contributed by atoms with Crippen molar-refractivity contribution in [1.82, 2.24) is 9.80 Å². The molecule has 1 aromatic rings. The average Bonchev–Trinajstić information content (AvgIpc) is 2.83. The largest absolute Gasteiger partial charge is 0.340 e. The van der Waals surface area contributed by atoms with Crippen molar-refractivity contribution < 1.29 is 4.79 Å². The smallest absolute Gasteiger partial charge is 0.223 e. The summed E-state index contributed by atoms with van der Waals surface area (Å²) in [5, 5.41) is 0. The first-order chi connectivity index (χ1) is 17.2. The van der Waals surface area contributed by atoms with Crippen molar-refractivity contribution in [2.45, 2.75) is 86.6 Å². The van der Waals surface area contributed by atoms with E-state index in [0.29, 0.717) is 12.3 Å². The minimum Gasteiger partial charge on any atom is -0.340 e. The van der Waals surface area contributed by atoms with E-state index < -0.39 is 0 Å². The summed E-state index contributed by atoms with van der Waals surface area (Å²) < 4.78 is 0. The monoisotopic (exact) mass is 490 g/mol. The number of hydrogen-bond donors (Lipinski definition) is 0. The van der Waals surface area contributed by atoms with Gasteiger partial charge >= 0.3 is 0 Å². The zero-order valence-corrected chi connectivity index (χ0v) is 23.9. The summed E-state index contributed by atoms with van der Waals surface area (Å²) in [6, 6.07) is 10.6. The Hall–Kier alpha value is -2.39. The predicted molar refractivity (Wildman–Crippen MR) is 156 cm³/mol. The van der Waals surface area contributed by atoms with Gasteiger partial charge in [-0.3, -0.25) is 9.69 Å². The summed E-state index contributed by atoms with van der Waals surface area (Å²) in [6.45, 7) is 17.6. The third-order valence-electron chi connectivity index (χ3n) is 6.88. The summed E-state index contributed by atoms with van der Waals surface area (Å²) in [5.74, 6) is 0.577. The van der Waals surface area contributed by atoms with Crippen LogP contribution in [0.5, 0.6) is 0 Å². The third-order valence-corrected chi connectivity index (χ3v) is 6.88. The molecule has 0 bridgehead atoms. The van der Waals surface area contributed by atoms with E-state index in [4.69, 9.17) is 0 Å². The second kappa shape index (κ2) is 16.4. The SMILES string of the molecule is CC(C)=CCC/C(C)=C/CC(/C=C(\C)CCC=C(C)C)CC(=O)N1CCN(Cc2ccccc2)CC1. The molecule has 0 radical (unpaired) electrons. The van der Waals surface area contributed by atoms with Crippen LogP contribution in [0, 0.1) is 5.92 Å². The minimum atomic E-state index is 0.268. The van der Waals surface area contributed by atoms with Gasteiger partial charge in [0.1, 0.15) is 0 Å².